The van der Waals surface area contributed by atoms with Crippen molar-refractivity contribution in [2.75, 3.05) is 6.61 Å². The van der Waals surface area contributed by atoms with Crippen LogP contribution in [0.4, 0.5) is 5.69 Å². The number of halogens is 1. The molecule has 2 rings (SSSR count). The first-order chi connectivity index (χ1) is 12.2. The third kappa shape index (κ3) is 5.01. The molecule has 0 fully saturated rings. The third-order valence-electron chi connectivity index (χ3n) is 3.61. The van der Waals surface area contributed by atoms with Crippen LogP contribution < -0.4 is 4.72 Å². The predicted octanol–water partition coefficient (Wildman–Crippen LogP) is 3.57. The fourth-order valence-electron chi connectivity index (χ4n) is 2.27. The van der Waals surface area contributed by atoms with E-state index in [1.165, 1.54) is 12.1 Å². The number of sulfonamides is 1. The smallest absolute Gasteiger partial charge is 0.289 e. The van der Waals surface area contributed by atoms with Crippen LogP contribution in [0, 0.1) is 17.0 Å². The number of hydrogen-bond donors (Lipinski definition) is 1. The lowest BCUT2D eigenvalue weighted by molar-refractivity contribution is -0.385. The van der Waals surface area contributed by atoms with E-state index in [4.69, 9.17) is 16.3 Å². The molecule has 2 aromatic rings. The second-order valence-corrected chi connectivity index (χ2v) is 7.74. The summed E-state index contributed by atoms with van der Waals surface area (Å²) in [6.45, 7) is 4.62. The van der Waals surface area contributed by atoms with Crippen molar-refractivity contribution in [2.24, 2.45) is 0 Å². The number of hydrogen-bond acceptors (Lipinski definition) is 5. The van der Waals surface area contributed by atoms with Crippen LogP contribution in [0.25, 0.3) is 0 Å². The van der Waals surface area contributed by atoms with E-state index in [1.807, 2.05) is 19.1 Å². The first-order valence-corrected chi connectivity index (χ1v) is 9.70. The lowest BCUT2D eigenvalue weighted by Crippen LogP contribution is -2.24. The van der Waals surface area contributed by atoms with Crippen molar-refractivity contribution in [2.45, 2.75) is 31.9 Å². The average molecular weight is 399 g/mol. The minimum atomic E-state index is -4.00. The number of nitrogens with zero attached hydrogens (tertiary/aromatic N) is 1. The van der Waals surface area contributed by atoms with Crippen LogP contribution in [0.3, 0.4) is 0 Å². The Morgan fingerprint density at radius 2 is 1.81 bits per heavy atom. The van der Waals surface area contributed by atoms with Crippen molar-refractivity contribution >= 4 is 27.3 Å². The molecule has 2 aromatic carbocycles. The van der Waals surface area contributed by atoms with Crippen LogP contribution >= 0.6 is 11.6 Å². The van der Waals surface area contributed by atoms with Gasteiger partial charge in [0.15, 0.2) is 0 Å². The van der Waals surface area contributed by atoms with Gasteiger partial charge in [0.2, 0.25) is 10.0 Å². The zero-order chi connectivity index (χ0) is 19.3. The fourth-order valence-corrected chi connectivity index (χ4v) is 3.95. The SMILES string of the molecule is CCOCc1ccc(CNS(=O)(=O)c2cc(C)cc([N+](=O)[O-])c2Cl)cc1. The maximum Gasteiger partial charge on any atom is 0.289 e. The van der Waals surface area contributed by atoms with Crippen molar-refractivity contribution < 1.29 is 18.1 Å². The summed E-state index contributed by atoms with van der Waals surface area (Å²) in [4.78, 5) is 10.0. The van der Waals surface area contributed by atoms with Crippen LogP contribution in [0.15, 0.2) is 41.3 Å². The van der Waals surface area contributed by atoms with E-state index in [0.717, 1.165) is 11.1 Å². The predicted molar refractivity (Wildman–Crippen MR) is 98.6 cm³/mol. The molecule has 0 aliphatic rings. The molecule has 0 aliphatic carbocycles. The van der Waals surface area contributed by atoms with Gasteiger partial charge < -0.3 is 4.74 Å². The van der Waals surface area contributed by atoms with Gasteiger partial charge >= 0.3 is 0 Å². The van der Waals surface area contributed by atoms with Gasteiger partial charge in [-0.15, -0.1) is 0 Å². The second kappa shape index (κ2) is 8.59. The Morgan fingerprint density at radius 3 is 2.38 bits per heavy atom. The molecule has 9 heteroatoms. The van der Waals surface area contributed by atoms with Gasteiger partial charge in [-0.3, -0.25) is 10.1 Å². The van der Waals surface area contributed by atoms with Crippen LogP contribution in [0.2, 0.25) is 5.02 Å². The average Bonchev–Trinajstić information content (AvgIpc) is 2.60. The topological polar surface area (TPSA) is 98.5 Å². The van der Waals surface area contributed by atoms with E-state index in [-0.39, 0.29) is 11.4 Å². The summed E-state index contributed by atoms with van der Waals surface area (Å²) < 4.78 is 32.8. The zero-order valence-corrected chi connectivity index (χ0v) is 15.9. The molecule has 1 N–H and O–H groups in total. The molecule has 26 heavy (non-hydrogen) atoms. The summed E-state index contributed by atoms with van der Waals surface area (Å²) in [5.41, 5.74) is 1.72. The number of nitro benzene ring substituents is 1. The van der Waals surface area contributed by atoms with Gasteiger partial charge in [0.25, 0.3) is 5.69 Å². The van der Waals surface area contributed by atoms with Crippen molar-refractivity contribution in [1.82, 2.24) is 4.72 Å². The van der Waals surface area contributed by atoms with Crippen molar-refractivity contribution in [3.63, 3.8) is 0 Å². The minimum absolute atomic E-state index is 0.0370. The molecular formula is C17H19ClN2O5S. The van der Waals surface area contributed by atoms with Gasteiger partial charge in [0.05, 0.1) is 11.5 Å². The van der Waals surface area contributed by atoms with Gasteiger partial charge in [-0.05, 0) is 36.6 Å². The van der Waals surface area contributed by atoms with Gasteiger partial charge in [-0.1, -0.05) is 35.9 Å². The summed E-state index contributed by atoms with van der Waals surface area (Å²) in [6, 6.07) is 9.82. The number of aryl methyl sites for hydroxylation is 1. The van der Waals surface area contributed by atoms with E-state index >= 15 is 0 Å². The Balaban J connectivity index is 2.18. The highest BCUT2D eigenvalue weighted by atomic mass is 35.5. The normalized spacial score (nSPS) is 11.5. The first-order valence-electron chi connectivity index (χ1n) is 7.84. The van der Waals surface area contributed by atoms with Gasteiger partial charge in [0.1, 0.15) is 9.92 Å². The molecule has 0 unspecified atom stereocenters. The lowest BCUT2D eigenvalue weighted by Gasteiger charge is -2.10. The van der Waals surface area contributed by atoms with Crippen LogP contribution in [-0.4, -0.2) is 19.9 Å². The molecule has 0 radical (unpaired) electrons. The number of nitrogens with one attached hydrogen (secondary N) is 1. The lowest BCUT2D eigenvalue weighted by atomic mass is 10.1. The molecule has 0 bridgehead atoms. The van der Waals surface area contributed by atoms with E-state index < -0.39 is 25.7 Å². The van der Waals surface area contributed by atoms with Crippen molar-refractivity contribution in [3.05, 3.63) is 68.2 Å². The largest absolute Gasteiger partial charge is 0.377 e. The van der Waals surface area contributed by atoms with E-state index in [9.17, 15) is 18.5 Å². The molecule has 140 valence electrons. The highest BCUT2D eigenvalue weighted by Crippen LogP contribution is 2.32. The molecule has 0 heterocycles. The standard InChI is InChI=1S/C17H19ClN2O5S/c1-3-25-11-14-6-4-13(5-7-14)10-19-26(23,24)16-9-12(2)8-15(17(16)18)20(21)22/h4-9,19H,3,10-11H2,1-2H3. The summed E-state index contributed by atoms with van der Waals surface area (Å²) in [7, 11) is -4.00. The first kappa shape index (κ1) is 20.3. The molecular weight excluding hydrogens is 380 g/mol. The summed E-state index contributed by atoms with van der Waals surface area (Å²) in [5.74, 6) is 0. The van der Waals surface area contributed by atoms with E-state index in [1.54, 1.807) is 19.1 Å². The minimum Gasteiger partial charge on any atom is -0.377 e. The Labute approximate surface area is 157 Å². The highest BCUT2D eigenvalue weighted by Gasteiger charge is 2.25. The monoisotopic (exact) mass is 398 g/mol. The number of ether oxygens (including phenoxy) is 1. The van der Waals surface area contributed by atoms with Gasteiger partial charge in [-0.25, -0.2) is 13.1 Å². The summed E-state index contributed by atoms with van der Waals surface area (Å²) in [5, 5.41) is 10.6. The molecule has 0 atom stereocenters. The number of nitro groups is 1. The molecule has 0 amide bonds. The van der Waals surface area contributed by atoms with Crippen molar-refractivity contribution in [3.8, 4) is 0 Å². The van der Waals surface area contributed by atoms with Crippen LogP contribution in [-0.2, 0) is 27.9 Å². The highest BCUT2D eigenvalue weighted by molar-refractivity contribution is 7.89. The Hall–Kier alpha value is -2.00. The van der Waals surface area contributed by atoms with Crippen LogP contribution in [0.5, 0.6) is 0 Å². The summed E-state index contributed by atoms with van der Waals surface area (Å²) >= 11 is 5.94. The fraction of sp³-hybridized carbons (Fsp3) is 0.294. The summed E-state index contributed by atoms with van der Waals surface area (Å²) in [6.07, 6.45) is 0. The quantitative estimate of drug-likeness (QED) is 0.541. The number of rotatable bonds is 8. The molecule has 7 nitrogen and oxygen atoms in total. The maximum atomic E-state index is 12.5. The van der Waals surface area contributed by atoms with Gasteiger partial charge in [-0.2, -0.15) is 0 Å². The van der Waals surface area contributed by atoms with Crippen LogP contribution in [0.1, 0.15) is 23.6 Å². The second-order valence-electron chi connectivity index (χ2n) is 5.63. The molecule has 0 spiro atoms. The van der Waals surface area contributed by atoms with Gasteiger partial charge in [0, 0.05) is 19.2 Å². The molecule has 0 saturated carbocycles. The third-order valence-corrected chi connectivity index (χ3v) is 5.55. The van der Waals surface area contributed by atoms with Crippen molar-refractivity contribution in [1.29, 1.82) is 0 Å². The molecule has 0 aliphatic heterocycles. The maximum absolute atomic E-state index is 12.5. The Kier molecular flexibility index (Phi) is 6.71. The molecule has 0 aromatic heterocycles. The Morgan fingerprint density at radius 1 is 1.19 bits per heavy atom. The van der Waals surface area contributed by atoms with E-state index in [0.29, 0.717) is 18.8 Å². The molecule has 0 saturated heterocycles. The number of benzene rings is 2. The zero-order valence-electron chi connectivity index (χ0n) is 14.4. The Bertz CT molecular complexity index is 898. The van der Waals surface area contributed by atoms with E-state index in [2.05, 4.69) is 4.72 Å².